The standard InChI is InChI=1S/C11H17N3.2ClH/c1-3-12-4-2-11(1)7-10(8-11)14-6-5-13-9-14;;/h5-6,9-10,12H,1-4,7-8H2;2*1H. The highest BCUT2D eigenvalue weighted by Gasteiger charge is 2.44. The fourth-order valence-electron chi connectivity index (χ4n) is 3.00. The second-order valence-electron chi connectivity index (χ2n) is 4.82. The van der Waals surface area contributed by atoms with Crippen molar-refractivity contribution in [1.29, 1.82) is 0 Å². The van der Waals surface area contributed by atoms with Crippen molar-refractivity contribution >= 4 is 24.8 Å². The summed E-state index contributed by atoms with van der Waals surface area (Å²) in [6.45, 7) is 2.44. The largest absolute Gasteiger partial charge is 0.334 e. The van der Waals surface area contributed by atoms with Crippen LogP contribution in [0.5, 0.6) is 0 Å². The predicted molar refractivity (Wildman–Crippen MR) is 69.5 cm³/mol. The van der Waals surface area contributed by atoms with Crippen molar-refractivity contribution in [3.05, 3.63) is 18.7 Å². The predicted octanol–water partition coefficient (Wildman–Crippen LogP) is 2.43. The molecule has 1 aromatic heterocycles. The molecule has 0 atom stereocenters. The van der Waals surface area contributed by atoms with Gasteiger partial charge in [-0.25, -0.2) is 4.98 Å². The van der Waals surface area contributed by atoms with Gasteiger partial charge in [0, 0.05) is 18.4 Å². The van der Waals surface area contributed by atoms with Crippen molar-refractivity contribution in [2.24, 2.45) is 5.41 Å². The van der Waals surface area contributed by atoms with Crippen LogP contribution in [-0.2, 0) is 0 Å². The molecule has 0 amide bonds. The van der Waals surface area contributed by atoms with Gasteiger partial charge in [0.25, 0.3) is 0 Å². The molecule has 1 saturated heterocycles. The number of piperidine rings is 1. The Kier molecular flexibility index (Phi) is 4.65. The monoisotopic (exact) mass is 263 g/mol. The summed E-state index contributed by atoms with van der Waals surface area (Å²) in [4.78, 5) is 4.11. The van der Waals surface area contributed by atoms with Gasteiger partial charge in [0.2, 0.25) is 0 Å². The summed E-state index contributed by atoms with van der Waals surface area (Å²) < 4.78 is 2.27. The Morgan fingerprint density at radius 2 is 1.88 bits per heavy atom. The van der Waals surface area contributed by atoms with Crippen LogP contribution in [0.2, 0.25) is 0 Å². The second kappa shape index (κ2) is 5.39. The Labute approximate surface area is 109 Å². The zero-order chi connectivity index (χ0) is 9.43. The molecule has 5 heteroatoms. The number of nitrogens with one attached hydrogen (secondary N) is 1. The normalized spacial score (nSPS) is 23.0. The van der Waals surface area contributed by atoms with Gasteiger partial charge in [-0.1, -0.05) is 0 Å². The molecule has 2 fully saturated rings. The van der Waals surface area contributed by atoms with E-state index in [0.717, 1.165) is 6.04 Å². The van der Waals surface area contributed by atoms with Gasteiger partial charge in [0.1, 0.15) is 0 Å². The quantitative estimate of drug-likeness (QED) is 0.844. The maximum absolute atomic E-state index is 4.11. The van der Waals surface area contributed by atoms with E-state index in [1.165, 1.54) is 38.8 Å². The van der Waals surface area contributed by atoms with Crippen LogP contribution in [0.4, 0.5) is 0 Å². The van der Waals surface area contributed by atoms with Crippen LogP contribution in [0.15, 0.2) is 18.7 Å². The van der Waals surface area contributed by atoms with Gasteiger partial charge in [0.05, 0.1) is 6.33 Å². The first-order valence-corrected chi connectivity index (χ1v) is 5.56. The maximum atomic E-state index is 4.11. The van der Waals surface area contributed by atoms with Gasteiger partial charge in [0.15, 0.2) is 0 Å². The Bertz CT molecular complexity index is 299. The Morgan fingerprint density at radius 3 is 2.44 bits per heavy atom. The molecule has 3 nitrogen and oxygen atoms in total. The lowest BCUT2D eigenvalue weighted by Gasteiger charge is -2.50. The molecule has 92 valence electrons. The Morgan fingerprint density at radius 1 is 1.19 bits per heavy atom. The van der Waals surface area contributed by atoms with E-state index in [1.807, 2.05) is 12.5 Å². The highest BCUT2D eigenvalue weighted by atomic mass is 35.5. The minimum absolute atomic E-state index is 0. The van der Waals surface area contributed by atoms with Crippen LogP contribution in [0.1, 0.15) is 31.7 Å². The van der Waals surface area contributed by atoms with E-state index in [-0.39, 0.29) is 24.8 Å². The first kappa shape index (κ1) is 13.8. The summed E-state index contributed by atoms with van der Waals surface area (Å²) in [5.41, 5.74) is 0.681. The molecule has 1 spiro atoms. The van der Waals surface area contributed by atoms with Crippen molar-refractivity contribution in [1.82, 2.24) is 14.9 Å². The summed E-state index contributed by atoms with van der Waals surface area (Å²) in [7, 11) is 0. The van der Waals surface area contributed by atoms with Crippen LogP contribution < -0.4 is 5.32 Å². The summed E-state index contributed by atoms with van der Waals surface area (Å²) in [6, 6.07) is 0.732. The fraction of sp³-hybridized carbons (Fsp3) is 0.727. The molecule has 1 N–H and O–H groups in total. The second-order valence-corrected chi connectivity index (χ2v) is 4.82. The molecule has 0 aromatic carbocycles. The van der Waals surface area contributed by atoms with E-state index >= 15 is 0 Å². The highest BCUT2D eigenvalue weighted by Crippen LogP contribution is 2.53. The van der Waals surface area contributed by atoms with Crippen molar-refractivity contribution < 1.29 is 0 Å². The molecule has 0 bridgehead atoms. The van der Waals surface area contributed by atoms with Gasteiger partial charge in [-0.3, -0.25) is 0 Å². The van der Waals surface area contributed by atoms with Gasteiger partial charge in [-0.2, -0.15) is 0 Å². The molecule has 16 heavy (non-hydrogen) atoms. The molecule has 1 aliphatic carbocycles. The number of hydrogen-bond donors (Lipinski definition) is 1. The van der Waals surface area contributed by atoms with Crippen LogP contribution in [0, 0.1) is 5.41 Å². The van der Waals surface area contributed by atoms with Crippen molar-refractivity contribution in [3.8, 4) is 0 Å². The van der Waals surface area contributed by atoms with Crippen LogP contribution >= 0.6 is 24.8 Å². The number of rotatable bonds is 1. The molecule has 0 unspecified atom stereocenters. The minimum atomic E-state index is 0. The third-order valence-corrected chi connectivity index (χ3v) is 3.95. The van der Waals surface area contributed by atoms with Crippen molar-refractivity contribution in [2.75, 3.05) is 13.1 Å². The van der Waals surface area contributed by atoms with E-state index in [2.05, 4.69) is 21.1 Å². The summed E-state index contributed by atoms with van der Waals surface area (Å²) in [5, 5.41) is 3.44. The minimum Gasteiger partial charge on any atom is -0.334 e. The lowest BCUT2D eigenvalue weighted by molar-refractivity contribution is 0.0288. The van der Waals surface area contributed by atoms with Gasteiger partial charge in [-0.15, -0.1) is 24.8 Å². The number of hydrogen-bond acceptors (Lipinski definition) is 2. The maximum Gasteiger partial charge on any atom is 0.0948 e. The molecule has 1 aromatic rings. The van der Waals surface area contributed by atoms with E-state index in [0.29, 0.717) is 5.41 Å². The molecular weight excluding hydrogens is 245 g/mol. The SMILES string of the molecule is Cl.Cl.c1cn(C2CC3(CCNCC3)C2)cn1. The summed E-state index contributed by atoms with van der Waals surface area (Å²) in [5.74, 6) is 0. The zero-order valence-electron chi connectivity index (χ0n) is 9.26. The Hall–Kier alpha value is -0.250. The van der Waals surface area contributed by atoms with E-state index in [4.69, 9.17) is 0 Å². The molecule has 0 radical (unpaired) electrons. The summed E-state index contributed by atoms with van der Waals surface area (Å²) >= 11 is 0. The molecule has 2 heterocycles. The topological polar surface area (TPSA) is 29.9 Å². The molecule has 3 rings (SSSR count). The zero-order valence-corrected chi connectivity index (χ0v) is 10.9. The number of nitrogens with zero attached hydrogens (tertiary/aromatic N) is 2. The summed E-state index contributed by atoms with van der Waals surface area (Å²) in [6.07, 6.45) is 11.4. The van der Waals surface area contributed by atoms with E-state index in [1.54, 1.807) is 0 Å². The van der Waals surface area contributed by atoms with Crippen LogP contribution in [0.25, 0.3) is 0 Å². The van der Waals surface area contributed by atoms with Gasteiger partial charge >= 0.3 is 0 Å². The molecule has 1 saturated carbocycles. The lowest BCUT2D eigenvalue weighted by Crippen LogP contribution is -2.45. The molecular formula is C11H19Cl2N3. The van der Waals surface area contributed by atoms with Crippen molar-refractivity contribution in [3.63, 3.8) is 0 Å². The van der Waals surface area contributed by atoms with E-state index in [9.17, 15) is 0 Å². The lowest BCUT2D eigenvalue weighted by atomic mass is 9.60. The highest BCUT2D eigenvalue weighted by molar-refractivity contribution is 5.85. The van der Waals surface area contributed by atoms with Crippen LogP contribution in [-0.4, -0.2) is 22.6 Å². The van der Waals surface area contributed by atoms with Gasteiger partial charge < -0.3 is 9.88 Å². The number of aromatic nitrogens is 2. The first-order chi connectivity index (χ1) is 6.88. The number of imidazole rings is 1. The average molecular weight is 264 g/mol. The fourth-order valence-corrected chi connectivity index (χ4v) is 3.00. The first-order valence-electron chi connectivity index (χ1n) is 5.56. The Balaban J connectivity index is 0.000000640. The van der Waals surface area contributed by atoms with Crippen LogP contribution in [0.3, 0.4) is 0 Å². The number of halogens is 2. The van der Waals surface area contributed by atoms with E-state index < -0.39 is 0 Å². The molecule has 1 aliphatic heterocycles. The third kappa shape index (κ3) is 2.36. The molecule has 2 aliphatic rings. The average Bonchev–Trinajstić information content (AvgIpc) is 2.68. The third-order valence-electron chi connectivity index (χ3n) is 3.95. The van der Waals surface area contributed by atoms with Gasteiger partial charge in [-0.05, 0) is 44.2 Å². The van der Waals surface area contributed by atoms with Crippen molar-refractivity contribution in [2.45, 2.75) is 31.7 Å². The smallest absolute Gasteiger partial charge is 0.0948 e.